The minimum absolute atomic E-state index is 0.120. The molecule has 1 aliphatic heterocycles. The first kappa shape index (κ1) is 15.0. The van der Waals surface area contributed by atoms with Gasteiger partial charge in [0, 0.05) is 18.1 Å². The third-order valence-corrected chi connectivity index (χ3v) is 6.22. The first-order chi connectivity index (χ1) is 10.4. The number of amides is 1. The minimum Gasteiger partial charge on any atom is -0.272 e. The maximum Gasteiger partial charge on any atom is 0.257 e. The van der Waals surface area contributed by atoms with Crippen molar-refractivity contribution in [2.75, 3.05) is 6.54 Å². The molecule has 0 bridgehead atoms. The molecule has 22 heavy (non-hydrogen) atoms. The Labute approximate surface area is 129 Å². The zero-order chi connectivity index (χ0) is 15.9. The van der Waals surface area contributed by atoms with Crippen LogP contribution in [0, 0.1) is 6.92 Å². The summed E-state index contributed by atoms with van der Waals surface area (Å²) in [6.07, 6.45) is 4.63. The molecule has 3 heterocycles. The fraction of sp³-hybridized carbons (Fsp3) is 0.500. The van der Waals surface area contributed by atoms with Crippen molar-refractivity contribution in [3.05, 3.63) is 24.0 Å². The van der Waals surface area contributed by atoms with E-state index in [1.165, 1.54) is 4.68 Å². The van der Waals surface area contributed by atoms with Gasteiger partial charge in [-0.05, 0) is 38.3 Å². The van der Waals surface area contributed by atoms with Gasteiger partial charge in [0.25, 0.3) is 5.91 Å². The van der Waals surface area contributed by atoms with Gasteiger partial charge in [0.1, 0.15) is 6.54 Å². The predicted molar refractivity (Wildman–Crippen MR) is 81.6 cm³/mol. The van der Waals surface area contributed by atoms with Crippen LogP contribution in [0.4, 0.5) is 0 Å². The molecule has 0 aliphatic carbocycles. The number of carbonyl (C=O) groups excluding carboxylic acids is 1. The number of nitrogens with zero attached hydrogens (tertiary/aromatic N) is 4. The number of aromatic nitrogens is 3. The summed E-state index contributed by atoms with van der Waals surface area (Å²) in [5.74, 6) is -0.459. The molecular weight excluding hydrogens is 304 g/mol. The first-order valence-electron chi connectivity index (χ1n) is 7.22. The highest BCUT2D eigenvalue weighted by atomic mass is 32.2. The predicted octanol–water partition coefficient (Wildman–Crippen LogP) is 1.08. The molecule has 118 valence electrons. The Bertz CT molecular complexity index is 828. The average molecular weight is 322 g/mol. The summed E-state index contributed by atoms with van der Waals surface area (Å²) in [5.41, 5.74) is 1.59. The maximum absolute atomic E-state index is 12.4. The largest absolute Gasteiger partial charge is 0.272 e. The van der Waals surface area contributed by atoms with E-state index in [1.54, 1.807) is 19.3 Å². The standard InChI is InChI=1S/C14H18N4O3S/c1-10-6-12-8-16-17(14(12)15-7-10)9-13(19)18-5-3-4-11(2)22(18,20)21/h6-8,11H,3-5,9H2,1-2H3. The second kappa shape index (κ2) is 5.35. The quantitative estimate of drug-likeness (QED) is 0.826. The third kappa shape index (κ3) is 2.47. The molecule has 7 nitrogen and oxygen atoms in total. The van der Waals surface area contributed by atoms with Crippen molar-refractivity contribution in [1.29, 1.82) is 0 Å². The normalized spacial score (nSPS) is 21.2. The molecule has 1 fully saturated rings. The van der Waals surface area contributed by atoms with Crippen LogP contribution in [0.1, 0.15) is 25.3 Å². The van der Waals surface area contributed by atoms with E-state index in [9.17, 15) is 13.2 Å². The van der Waals surface area contributed by atoms with Crippen LogP contribution >= 0.6 is 0 Å². The third-order valence-electron chi connectivity index (χ3n) is 3.96. The van der Waals surface area contributed by atoms with Crippen LogP contribution in [-0.2, 0) is 21.4 Å². The Morgan fingerprint density at radius 2 is 2.18 bits per heavy atom. The number of hydrogen-bond acceptors (Lipinski definition) is 5. The van der Waals surface area contributed by atoms with Crippen LogP contribution < -0.4 is 0 Å². The van der Waals surface area contributed by atoms with Crippen molar-refractivity contribution in [2.45, 2.75) is 38.5 Å². The Balaban J connectivity index is 1.87. The molecule has 2 aromatic heterocycles. The summed E-state index contributed by atoms with van der Waals surface area (Å²) in [4.78, 5) is 16.7. The lowest BCUT2D eigenvalue weighted by molar-refractivity contribution is -0.127. The molecule has 1 amide bonds. The number of hydrogen-bond donors (Lipinski definition) is 0. The molecule has 0 aromatic carbocycles. The second-order valence-electron chi connectivity index (χ2n) is 5.69. The van der Waals surface area contributed by atoms with Crippen molar-refractivity contribution in [3.63, 3.8) is 0 Å². The number of carbonyl (C=O) groups is 1. The molecule has 2 aromatic rings. The van der Waals surface area contributed by atoms with Crippen molar-refractivity contribution in [1.82, 2.24) is 19.1 Å². The van der Waals surface area contributed by atoms with Gasteiger partial charge < -0.3 is 0 Å². The van der Waals surface area contributed by atoms with E-state index in [2.05, 4.69) is 10.1 Å². The number of fused-ring (bicyclic) bond motifs is 1. The van der Waals surface area contributed by atoms with Crippen molar-refractivity contribution in [3.8, 4) is 0 Å². The fourth-order valence-electron chi connectivity index (χ4n) is 2.69. The summed E-state index contributed by atoms with van der Waals surface area (Å²) >= 11 is 0. The van der Waals surface area contributed by atoms with Crippen molar-refractivity contribution in [2.24, 2.45) is 0 Å². The molecule has 8 heteroatoms. The van der Waals surface area contributed by atoms with E-state index in [-0.39, 0.29) is 13.1 Å². The van der Waals surface area contributed by atoms with E-state index in [4.69, 9.17) is 0 Å². The lowest BCUT2D eigenvalue weighted by atomic mass is 10.2. The van der Waals surface area contributed by atoms with Crippen LogP contribution in [0.5, 0.6) is 0 Å². The van der Waals surface area contributed by atoms with E-state index in [0.29, 0.717) is 18.5 Å². The SMILES string of the molecule is Cc1cnc2c(cnn2CC(=O)N2CCCC(C)S2(=O)=O)c1. The smallest absolute Gasteiger partial charge is 0.257 e. The van der Waals surface area contributed by atoms with Crippen LogP contribution in [0.2, 0.25) is 0 Å². The highest BCUT2D eigenvalue weighted by molar-refractivity contribution is 7.90. The summed E-state index contributed by atoms with van der Waals surface area (Å²) in [6, 6.07) is 1.93. The van der Waals surface area contributed by atoms with Gasteiger partial charge in [-0.25, -0.2) is 22.4 Å². The lowest BCUT2D eigenvalue weighted by Crippen LogP contribution is -2.47. The molecule has 1 aliphatic rings. The van der Waals surface area contributed by atoms with Gasteiger partial charge in [0.15, 0.2) is 5.65 Å². The molecular formula is C14H18N4O3S. The number of aryl methyl sites for hydroxylation is 1. The van der Waals surface area contributed by atoms with Crippen LogP contribution in [0.15, 0.2) is 18.5 Å². The summed E-state index contributed by atoms with van der Waals surface area (Å²) < 4.78 is 26.9. The number of pyridine rings is 1. The number of rotatable bonds is 2. The van der Waals surface area contributed by atoms with Gasteiger partial charge in [0.2, 0.25) is 10.0 Å². The zero-order valence-electron chi connectivity index (χ0n) is 12.6. The van der Waals surface area contributed by atoms with Gasteiger partial charge in [-0.2, -0.15) is 5.10 Å². The van der Waals surface area contributed by atoms with E-state index in [0.717, 1.165) is 15.3 Å². The van der Waals surface area contributed by atoms with Crippen molar-refractivity contribution < 1.29 is 13.2 Å². The van der Waals surface area contributed by atoms with Gasteiger partial charge in [-0.1, -0.05) is 0 Å². The van der Waals surface area contributed by atoms with Gasteiger partial charge in [-0.15, -0.1) is 0 Å². The summed E-state index contributed by atoms with van der Waals surface area (Å²) in [5, 5.41) is 4.47. The summed E-state index contributed by atoms with van der Waals surface area (Å²) in [6.45, 7) is 3.70. The van der Waals surface area contributed by atoms with Gasteiger partial charge in [0.05, 0.1) is 11.4 Å². The monoisotopic (exact) mass is 322 g/mol. The molecule has 0 radical (unpaired) electrons. The molecule has 0 N–H and O–H groups in total. The minimum atomic E-state index is -3.54. The summed E-state index contributed by atoms with van der Waals surface area (Å²) in [7, 11) is -3.54. The van der Waals surface area contributed by atoms with Crippen LogP contribution in [0.3, 0.4) is 0 Å². The highest BCUT2D eigenvalue weighted by Gasteiger charge is 2.36. The first-order valence-corrected chi connectivity index (χ1v) is 8.72. The molecule has 1 unspecified atom stereocenters. The second-order valence-corrected chi connectivity index (χ2v) is 7.97. The Morgan fingerprint density at radius 1 is 1.41 bits per heavy atom. The topological polar surface area (TPSA) is 85.2 Å². The highest BCUT2D eigenvalue weighted by Crippen LogP contribution is 2.21. The van der Waals surface area contributed by atoms with Gasteiger partial charge in [-0.3, -0.25) is 4.79 Å². The van der Waals surface area contributed by atoms with E-state index in [1.807, 2.05) is 13.0 Å². The Hall–Kier alpha value is -1.96. The Kier molecular flexibility index (Phi) is 3.64. The maximum atomic E-state index is 12.4. The van der Waals surface area contributed by atoms with Crippen LogP contribution in [0.25, 0.3) is 11.0 Å². The van der Waals surface area contributed by atoms with Crippen LogP contribution in [-0.4, -0.2) is 45.2 Å². The van der Waals surface area contributed by atoms with E-state index >= 15 is 0 Å². The van der Waals surface area contributed by atoms with Crippen molar-refractivity contribution >= 4 is 27.0 Å². The average Bonchev–Trinajstić information content (AvgIpc) is 2.83. The number of sulfonamides is 1. The van der Waals surface area contributed by atoms with Gasteiger partial charge >= 0.3 is 0 Å². The molecule has 0 spiro atoms. The Morgan fingerprint density at radius 3 is 2.95 bits per heavy atom. The lowest BCUT2D eigenvalue weighted by Gasteiger charge is -2.30. The molecule has 0 saturated carbocycles. The zero-order valence-corrected chi connectivity index (χ0v) is 13.4. The molecule has 1 saturated heterocycles. The molecule has 3 rings (SSSR count). The molecule has 1 atom stereocenters. The van der Waals surface area contributed by atoms with E-state index < -0.39 is 21.2 Å². The fourth-order valence-corrected chi connectivity index (χ4v) is 4.31.